The van der Waals surface area contributed by atoms with E-state index in [4.69, 9.17) is 4.74 Å². The summed E-state index contributed by atoms with van der Waals surface area (Å²) in [4.78, 5) is 31.6. The van der Waals surface area contributed by atoms with Crippen molar-refractivity contribution in [3.05, 3.63) is 99.5 Å². The van der Waals surface area contributed by atoms with Gasteiger partial charge in [0.1, 0.15) is 17.3 Å². The van der Waals surface area contributed by atoms with Crippen molar-refractivity contribution < 1.29 is 23.8 Å². The smallest absolute Gasteiger partial charge is 0.296 e. The summed E-state index contributed by atoms with van der Waals surface area (Å²) in [5, 5.41) is 11.1. The van der Waals surface area contributed by atoms with Crippen molar-refractivity contribution in [3.8, 4) is 5.75 Å². The molecule has 1 fully saturated rings. The summed E-state index contributed by atoms with van der Waals surface area (Å²) < 4.78 is 19.4. The number of pyridine rings is 1. The zero-order valence-corrected chi connectivity index (χ0v) is 18.5. The number of carbonyl (C=O) groups excluding carboxylic acids is 2. The predicted molar refractivity (Wildman–Crippen MR) is 119 cm³/mol. The van der Waals surface area contributed by atoms with Gasteiger partial charge in [-0.15, -0.1) is 0 Å². The van der Waals surface area contributed by atoms with E-state index in [1.165, 1.54) is 36.3 Å². The third-order valence-corrected chi connectivity index (χ3v) is 5.83. The van der Waals surface area contributed by atoms with Gasteiger partial charge in [-0.3, -0.25) is 14.6 Å². The van der Waals surface area contributed by atoms with Crippen LogP contribution in [0.4, 0.5) is 4.39 Å². The van der Waals surface area contributed by atoms with Crippen LogP contribution in [0.3, 0.4) is 0 Å². The molecule has 1 aromatic heterocycles. The van der Waals surface area contributed by atoms with Crippen LogP contribution in [0.15, 0.2) is 76.9 Å². The van der Waals surface area contributed by atoms with Crippen molar-refractivity contribution in [3.63, 3.8) is 0 Å². The lowest BCUT2D eigenvalue weighted by Crippen LogP contribution is -2.29. The molecule has 0 bridgehead atoms. The van der Waals surface area contributed by atoms with E-state index < -0.39 is 23.5 Å². The maximum atomic E-state index is 13.6. The maximum Gasteiger partial charge on any atom is 0.296 e. The first-order valence-electron chi connectivity index (χ1n) is 9.68. The zero-order chi connectivity index (χ0) is 22.8. The number of ketones is 1. The fourth-order valence-corrected chi connectivity index (χ4v) is 4.21. The van der Waals surface area contributed by atoms with Crippen LogP contribution < -0.4 is 4.74 Å². The number of amides is 1. The molecule has 1 aliphatic heterocycles. The Morgan fingerprint density at radius 1 is 1.16 bits per heavy atom. The number of aliphatic hydroxyl groups is 1. The highest BCUT2D eigenvalue weighted by Crippen LogP contribution is 2.41. The number of ether oxygens (including phenoxy) is 1. The number of aromatic nitrogens is 1. The predicted octanol–water partition coefficient (Wildman–Crippen LogP) is 4.61. The number of hydrogen-bond acceptors (Lipinski definition) is 5. The van der Waals surface area contributed by atoms with Crippen molar-refractivity contribution in [2.24, 2.45) is 0 Å². The zero-order valence-electron chi connectivity index (χ0n) is 17.0. The van der Waals surface area contributed by atoms with Gasteiger partial charge in [0.05, 0.1) is 35.4 Å². The molecule has 0 saturated carbocycles. The van der Waals surface area contributed by atoms with E-state index in [0.29, 0.717) is 27.0 Å². The molecule has 4 rings (SSSR count). The minimum Gasteiger partial charge on any atom is -0.507 e. The molecule has 2 heterocycles. The van der Waals surface area contributed by atoms with Gasteiger partial charge in [-0.2, -0.15) is 0 Å². The van der Waals surface area contributed by atoms with Gasteiger partial charge < -0.3 is 14.7 Å². The van der Waals surface area contributed by atoms with Gasteiger partial charge in [0.2, 0.25) is 0 Å². The minimum absolute atomic E-state index is 0.0521. The van der Waals surface area contributed by atoms with Crippen molar-refractivity contribution in [2.45, 2.75) is 12.6 Å². The van der Waals surface area contributed by atoms with Crippen LogP contribution in [-0.4, -0.2) is 33.8 Å². The van der Waals surface area contributed by atoms with E-state index in [1.54, 1.807) is 42.6 Å². The largest absolute Gasteiger partial charge is 0.507 e. The summed E-state index contributed by atoms with van der Waals surface area (Å²) in [5.74, 6) is -1.81. The summed E-state index contributed by atoms with van der Waals surface area (Å²) in [5.41, 5.74) is 1.33. The lowest BCUT2D eigenvalue weighted by molar-refractivity contribution is -0.140. The number of halogens is 2. The molecule has 1 saturated heterocycles. The van der Waals surface area contributed by atoms with Crippen molar-refractivity contribution in [1.29, 1.82) is 0 Å². The molecule has 6 nitrogen and oxygen atoms in total. The second kappa shape index (κ2) is 8.92. The number of likely N-dealkylation sites (tertiary alicyclic amines) is 1. The maximum absolute atomic E-state index is 13.6. The van der Waals surface area contributed by atoms with Gasteiger partial charge in [0, 0.05) is 11.8 Å². The minimum atomic E-state index is -0.904. The highest BCUT2D eigenvalue weighted by Gasteiger charge is 2.46. The third kappa shape index (κ3) is 4.01. The van der Waals surface area contributed by atoms with Crippen LogP contribution in [0.25, 0.3) is 5.76 Å². The number of nitrogens with zero attached hydrogens (tertiary/aromatic N) is 2. The van der Waals surface area contributed by atoms with Crippen LogP contribution in [0.1, 0.15) is 22.9 Å². The van der Waals surface area contributed by atoms with Crippen LogP contribution in [0.5, 0.6) is 5.75 Å². The van der Waals surface area contributed by atoms with E-state index in [1.807, 2.05) is 0 Å². The van der Waals surface area contributed by atoms with Crippen LogP contribution in [0.2, 0.25) is 0 Å². The second-order valence-electron chi connectivity index (χ2n) is 7.15. The summed E-state index contributed by atoms with van der Waals surface area (Å²) in [7, 11) is 1.51. The summed E-state index contributed by atoms with van der Waals surface area (Å²) in [6, 6.07) is 14.7. The Bertz CT molecular complexity index is 1210. The highest BCUT2D eigenvalue weighted by molar-refractivity contribution is 9.10. The molecule has 3 aromatic rings. The fourth-order valence-electron chi connectivity index (χ4n) is 3.67. The Hall–Kier alpha value is -3.52. The SMILES string of the molecule is COc1ccc(/C(O)=C2/C(=O)C(=O)N(Cc3ccccn3)C2c2ccc(F)cc2)cc1Br. The van der Waals surface area contributed by atoms with Crippen molar-refractivity contribution >= 4 is 33.4 Å². The first-order chi connectivity index (χ1) is 15.4. The second-order valence-corrected chi connectivity index (χ2v) is 8.00. The first kappa shape index (κ1) is 21.7. The highest BCUT2D eigenvalue weighted by atomic mass is 79.9. The molecule has 2 aromatic carbocycles. The van der Waals surface area contributed by atoms with Gasteiger partial charge in [-0.25, -0.2) is 4.39 Å². The molecule has 0 aliphatic carbocycles. The molecular formula is C24H18BrFN2O4. The molecule has 1 unspecified atom stereocenters. The molecule has 1 atom stereocenters. The van der Waals surface area contributed by atoms with Gasteiger partial charge >= 0.3 is 0 Å². The van der Waals surface area contributed by atoms with Gasteiger partial charge in [0.25, 0.3) is 11.7 Å². The Labute approximate surface area is 192 Å². The fraction of sp³-hybridized carbons (Fsp3) is 0.125. The van der Waals surface area contributed by atoms with Crippen molar-refractivity contribution in [1.82, 2.24) is 9.88 Å². The van der Waals surface area contributed by atoms with Gasteiger partial charge in [-0.1, -0.05) is 18.2 Å². The van der Waals surface area contributed by atoms with E-state index in [0.717, 1.165) is 0 Å². The lowest BCUT2D eigenvalue weighted by atomic mass is 9.95. The van der Waals surface area contributed by atoms with E-state index in [9.17, 15) is 19.1 Å². The van der Waals surface area contributed by atoms with Crippen molar-refractivity contribution in [2.75, 3.05) is 7.11 Å². The van der Waals surface area contributed by atoms with E-state index in [2.05, 4.69) is 20.9 Å². The molecule has 32 heavy (non-hydrogen) atoms. The number of aliphatic hydroxyl groups excluding tert-OH is 1. The van der Waals surface area contributed by atoms with Crippen LogP contribution in [-0.2, 0) is 16.1 Å². The molecule has 8 heteroatoms. The van der Waals surface area contributed by atoms with E-state index in [-0.39, 0.29) is 17.9 Å². The summed E-state index contributed by atoms with van der Waals surface area (Å²) in [6.07, 6.45) is 1.59. The number of methoxy groups -OCH3 is 1. The number of hydrogen-bond donors (Lipinski definition) is 1. The Balaban J connectivity index is 1.86. The Morgan fingerprint density at radius 3 is 2.53 bits per heavy atom. The molecule has 162 valence electrons. The molecule has 1 N–H and O–H groups in total. The quantitative estimate of drug-likeness (QED) is 0.317. The standard InChI is InChI=1S/C24H18BrFN2O4/c1-32-19-10-7-15(12-18(19)25)22(29)20-21(14-5-8-16(26)9-6-14)28(24(31)23(20)30)13-17-4-2-3-11-27-17/h2-12,21,29H,13H2,1H3/b22-20-. The van der Waals surface area contributed by atoms with Crippen LogP contribution in [0, 0.1) is 5.82 Å². The normalized spacial score (nSPS) is 17.6. The number of rotatable bonds is 5. The van der Waals surface area contributed by atoms with E-state index >= 15 is 0 Å². The van der Waals surface area contributed by atoms with Crippen LogP contribution >= 0.6 is 15.9 Å². The molecule has 1 aliphatic rings. The number of carbonyl (C=O) groups is 2. The number of benzene rings is 2. The average Bonchev–Trinajstić information content (AvgIpc) is 3.04. The Morgan fingerprint density at radius 2 is 1.91 bits per heavy atom. The first-order valence-corrected chi connectivity index (χ1v) is 10.5. The number of Topliss-reactive ketones (excluding diaryl/α,β-unsaturated/α-hetero) is 1. The van der Waals surface area contributed by atoms with Gasteiger partial charge in [-0.05, 0) is 64.0 Å². The topological polar surface area (TPSA) is 79.7 Å². The molecule has 0 radical (unpaired) electrons. The monoisotopic (exact) mass is 496 g/mol. The lowest BCUT2D eigenvalue weighted by Gasteiger charge is -2.25. The van der Waals surface area contributed by atoms with Gasteiger partial charge in [0.15, 0.2) is 0 Å². The molecular weight excluding hydrogens is 479 g/mol. The summed E-state index contributed by atoms with van der Waals surface area (Å²) in [6.45, 7) is 0.0521. The average molecular weight is 497 g/mol. The third-order valence-electron chi connectivity index (χ3n) is 5.21. The molecule has 1 amide bonds. The Kier molecular flexibility index (Phi) is 6.05. The molecule has 0 spiro atoms. The summed E-state index contributed by atoms with van der Waals surface area (Å²) >= 11 is 3.36.